The molecule has 1 saturated heterocycles. The molecule has 0 atom stereocenters. The fraction of sp³-hybridized carbons (Fsp3) is 0.0741. The Morgan fingerprint density at radius 2 is 1.76 bits per heavy atom. The number of rotatable bonds is 4. The van der Waals surface area contributed by atoms with Gasteiger partial charge in [-0.1, -0.05) is 76.3 Å². The summed E-state index contributed by atoms with van der Waals surface area (Å²) in [5.74, 6) is -0.122. The molecule has 1 aliphatic heterocycles. The van der Waals surface area contributed by atoms with Crippen molar-refractivity contribution in [2.75, 3.05) is 4.90 Å². The molecule has 166 valence electrons. The highest BCUT2D eigenvalue weighted by atomic mass is 79.9. The number of nitrogens with zero attached hydrogens (tertiary/aromatic N) is 3. The van der Waals surface area contributed by atoms with E-state index in [1.54, 1.807) is 4.90 Å². The van der Waals surface area contributed by atoms with Crippen molar-refractivity contribution >= 4 is 72.8 Å². The maximum Gasteiger partial charge on any atom is 0.270 e. The van der Waals surface area contributed by atoms with Gasteiger partial charge in [-0.05, 0) is 55.0 Å². The number of benzene rings is 3. The lowest BCUT2D eigenvalue weighted by Crippen LogP contribution is -2.27. The van der Waals surface area contributed by atoms with Crippen LogP contribution in [0.5, 0.6) is 0 Å². The van der Waals surface area contributed by atoms with Gasteiger partial charge in [0.05, 0.1) is 22.2 Å². The third kappa shape index (κ3) is 3.98. The molecule has 2 heterocycles. The molecule has 1 aromatic heterocycles. The van der Waals surface area contributed by atoms with E-state index < -0.39 is 0 Å². The minimum absolute atomic E-state index is 0.122. The van der Waals surface area contributed by atoms with Crippen LogP contribution in [0.1, 0.15) is 22.4 Å². The number of hydrogen-bond donors (Lipinski definition) is 0. The number of anilines is 1. The van der Waals surface area contributed by atoms with Crippen molar-refractivity contribution in [3.63, 3.8) is 0 Å². The molecule has 0 spiro atoms. The molecule has 0 radical (unpaired) electrons. The lowest BCUT2D eigenvalue weighted by Gasteiger charge is -2.14. The van der Waals surface area contributed by atoms with Crippen LogP contribution < -0.4 is 4.90 Å². The van der Waals surface area contributed by atoms with E-state index in [1.165, 1.54) is 11.8 Å². The van der Waals surface area contributed by atoms with Gasteiger partial charge in [0.1, 0.15) is 0 Å². The summed E-state index contributed by atoms with van der Waals surface area (Å²) in [6.45, 7) is 2.63. The first-order chi connectivity index (χ1) is 16.5. The van der Waals surface area contributed by atoms with Crippen LogP contribution in [0.25, 0.3) is 17.0 Å². The summed E-state index contributed by atoms with van der Waals surface area (Å²) in [6, 6.07) is 25.6. The van der Waals surface area contributed by atoms with Crippen molar-refractivity contribution in [1.29, 1.82) is 5.26 Å². The van der Waals surface area contributed by atoms with Crippen LogP contribution in [0.15, 0.2) is 82.2 Å². The minimum Gasteiger partial charge on any atom is -0.340 e. The zero-order valence-corrected chi connectivity index (χ0v) is 21.4. The fourth-order valence-corrected chi connectivity index (χ4v) is 5.74. The van der Waals surface area contributed by atoms with Crippen molar-refractivity contribution in [3.8, 4) is 6.07 Å². The lowest BCUT2D eigenvalue weighted by molar-refractivity contribution is -0.113. The Morgan fingerprint density at radius 3 is 2.53 bits per heavy atom. The molecule has 0 unspecified atom stereocenters. The van der Waals surface area contributed by atoms with Crippen molar-refractivity contribution in [1.82, 2.24) is 4.57 Å². The molecule has 1 aliphatic rings. The van der Waals surface area contributed by atoms with Gasteiger partial charge in [-0.3, -0.25) is 9.69 Å². The van der Waals surface area contributed by atoms with Crippen LogP contribution in [0.3, 0.4) is 0 Å². The summed E-state index contributed by atoms with van der Waals surface area (Å²) in [6.07, 6.45) is 1.95. The Kier molecular flexibility index (Phi) is 6.13. The highest BCUT2D eigenvalue weighted by Gasteiger charge is 2.33. The third-order valence-corrected chi connectivity index (χ3v) is 7.73. The van der Waals surface area contributed by atoms with E-state index >= 15 is 0 Å². The van der Waals surface area contributed by atoms with E-state index in [9.17, 15) is 10.1 Å². The van der Waals surface area contributed by atoms with Gasteiger partial charge in [-0.15, -0.1) is 0 Å². The van der Waals surface area contributed by atoms with Crippen molar-refractivity contribution in [3.05, 3.63) is 105 Å². The number of nitriles is 1. The maximum absolute atomic E-state index is 13.3. The molecule has 0 bridgehead atoms. The van der Waals surface area contributed by atoms with Gasteiger partial charge in [0, 0.05) is 33.2 Å². The lowest BCUT2D eigenvalue weighted by atomic mass is 10.1. The highest BCUT2D eigenvalue weighted by molar-refractivity contribution is 9.10. The summed E-state index contributed by atoms with van der Waals surface area (Å²) in [5.41, 5.74) is 5.45. The predicted octanol–water partition coefficient (Wildman–Crippen LogP) is 7.04. The first kappa shape index (κ1) is 22.6. The second-order valence-corrected chi connectivity index (χ2v) is 10.5. The molecule has 1 amide bonds. The number of thiocarbonyl (C=S) groups is 1. The highest BCUT2D eigenvalue weighted by Crippen LogP contribution is 2.38. The van der Waals surface area contributed by atoms with Crippen LogP contribution in [0, 0.1) is 18.3 Å². The number of hydrogen-bond acceptors (Lipinski definition) is 4. The zero-order chi connectivity index (χ0) is 23.8. The van der Waals surface area contributed by atoms with E-state index in [0.29, 0.717) is 21.3 Å². The normalized spacial score (nSPS) is 14.9. The maximum atomic E-state index is 13.3. The molecular weight excluding hydrogens is 526 g/mol. The van der Waals surface area contributed by atoms with Gasteiger partial charge < -0.3 is 4.57 Å². The summed E-state index contributed by atoms with van der Waals surface area (Å²) in [7, 11) is 0. The fourth-order valence-electron chi connectivity index (χ4n) is 4.19. The average Bonchev–Trinajstić information content (AvgIpc) is 3.28. The van der Waals surface area contributed by atoms with Gasteiger partial charge >= 0.3 is 0 Å². The van der Waals surface area contributed by atoms with Gasteiger partial charge in [-0.25, -0.2) is 0 Å². The van der Waals surface area contributed by atoms with Gasteiger partial charge in [0.15, 0.2) is 4.32 Å². The average molecular weight is 544 g/mol. The van der Waals surface area contributed by atoms with E-state index in [0.717, 1.165) is 37.9 Å². The molecule has 7 heteroatoms. The zero-order valence-electron chi connectivity index (χ0n) is 18.2. The quantitative estimate of drug-likeness (QED) is 0.204. The van der Waals surface area contributed by atoms with Crippen LogP contribution in [-0.2, 0) is 11.3 Å². The van der Waals surface area contributed by atoms with E-state index in [-0.39, 0.29) is 5.91 Å². The van der Waals surface area contributed by atoms with Crippen LogP contribution in [0.4, 0.5) is 5.69 Å². The second-order valence-electron chi connectivity index (χ2n) is 7.86. The second kappa shape index (κ2) is 9.22. The van der Waals surface area contributed by atoms with E-state index in [1.807, 2.05) is 66.7 Å². The SMILES string of the molecule is Cc1c(/C=C2\SC(=S)N(c3ccc(Br)cc3)C2=O)c2ccccc2n1Cc1ccccc1C#N. The summed E-state index contributed by atoms with van der Waals surface area (Å²) in [4.78, 5) is 15.5. The first-order valence-corrected chi connectivity index (χ1v) is 12.6. The Hall–Kier alpha value is -3.18. The van der Waals surface area contributed by atoms with Gasteiger partial charge in [-0.2, -0.15) is 5.26 Å². The summed E-state index contributed by atoms with van der Waals surface area (Å²) >= 11 is 10.3. The molecule has 34 heavy (non-hydrogen) atoms. The number of carbonyl (C=O) groups excluding carboxylic acids is 1. The van der Waals surface area contributed by atoms with Gasteiger partial charge in [0.2, 0.25) is 0 Å². The van der Waals surface area contributed by atoms with E-state index in [2.05, 4.69) is 45.6 Å². The largest absolute Gasteiger partial charge is 0.340 e. The molecule has 0 aliphatic carbocycles. The number of para-hydroxylation sites is 1. The molecule has 4 nitrogen and oxygen atoms in total. The molecular formula is C27H18BrN3OS2. The molecule has 0 saturated carbocycles. The molecule has 5 rings (SSSR count). The molecule has 3 aromatic carbocycles. The van der Waals surface area contributed by atoms with Crippen molar-refractivity contribution < 1.29 is 4.79 Å². The number of fused-ring (bicyclic) bond motifs is 1. The topological polar surface area (TPSA) is 49.0 Å². The number of thioether (sulfide) groups is 1. The van der Waals surface area contributed by atoms with Crippen LogP contribution in [-0.4, -0.2) is 14.8 Å². The minimum atomic E-state index is -0.122. The van der Waals surface area contributed by atoms with Crippen molar-refractivity contribution in [2.24, 2.45) is 0 Å². The summed E-state index contributed by atoms with van der Waals surface area (Å²) < 4.78 is 3.66. The predicted molar refractivity (Wildman–Crippen MR) is 147 cm³/mol. The monoisotopic (exact) mass is 543 g/mol. The Labute approximate surface area is 215 Å². The standard InChI is InChI=1S/C27H18BrN3OS2/c1-17-23(14-25-26(32)31(27(33)34-25)21-12-10-20(28)11-13-21)22-8-4-5-9-24(22)30(17)16-19-7-3-2-6-18(19)15-29/h2-14H,16H2,1H3/b25-14-. The summed E-state index contributed by atoms with van der Waals surface area (Å²) in [5, 5.41) is 10.6. The number of amides is 1. The van der Waals surface area contributed by atoms with Crippen LogP contribution in [0.2, 0.25) is 0 Å². The number of carbonyl (C=O) groups is 1. The van der Waals surface area contributed by atoms with Crippen LogP contribution >= 0.6 is 39.9 Å². The molecule has 4 aromatic rings. The Balaban J connectivity index is 1.58. The smallest absolute Gasteiger partial charge is 0.270 e. The molecule has 0 N–H and O–H groups in total. The molecule has 1 fully saturated rings. The van der Waals surface area contributed by atoms with Crippen molar-refractivity contribution in [2.45, 2.75) is 13.5 Å². The number of aromatic nitrogens is 1. The third-order valence-electron chi connectivity index (χ3n) is 5.90. The van der Waals surface area contributed by atoms with Gasteiger partial charge in [0.25, 0.3) is 5.91 Å². The van der Waals surface area contributed by atoms with E-state index in [4.69, 9.17) is 12.2 Å². The number of halogens is 1. The Morgan fingerprint density at radius 1 is 1.06 bits per heavy atom. The first-order valence-electron chi connectivity index (χ1n) is 10.6. The Bertz CT molecular complexity index is 1530.